The highest BCUT2D eigenvalue weighted by atomic mass is 35.5. The average Bonchev–Trinajstić information content (AvgIpc) is 2.46. The predicted octanol–water partition coefficient (Wildman–Crippen LogP) is 3.79. The zero-order valence-corrected chi connectivity index (χ0v) is 13.9. The summed E-state index contributed by atoms with van der Waals surface area (Å²) in [6, 6.07) is 15.1. The third-order valence-corrected chi connectivity index (χ3v) is 4.82. The van der Waals surface area contributed by atoms with Gasteiger partial charge >= 0.3 is 0 Å². The van der Waals surface area contributed by atoms with Crippen LogP contribution in [0.4, 0.5) is 5.69 Å². The van der Waals surface area contributed by atoms with Crippen molar-refractivity contribution < 1.29 is 9.00 Å². The molecule has 0 saturated carbocycles. The summed E-state index contributed by atoms with van der Waals surface area (Å²) in [5, 5.41) is 3.44. The van der Waals surface area contributed by atoms with Gasteiger partial charge in [0.1, 0.15) is 0 Å². The van der Waals surface area contributed by atoms with Gasteiger partial charge in [0.05, 0.1) is 0 Å². The summed E-state index contributed by atoms with van der Waals surface area (Å²) in [7, 11) is -0.972. The number of benzene rings is 2. The molecule has 2 aromatic carbocycles. The molecular formula is C17H18ClNO2S. The van der Waals surface area contributed by atoms with Crippen molar-refractivity contribution in [1.29, 1.82) is 0 Å². The second-order valence-electron chi connectivity index (χ2n) is 5.01. The van der Waals surface area contributed by atoms with Gasteiger partial charge in [0.25, 0.3) is 0 Å². The van der Waals surface area contributed by atoms with Crippen molar-refractivity contribution in [3.05, 3.63) is 64.7 Å². The Balaban J connectivity index is 1.92. The van der Waals surface area contributed by atoms with Gasteiger partial charge < -0.3 is 5.32 Å². The van der Waals surface area contributed by atoms with Gasteiger partial charge in [-0.05, 0) is 35.7 Å². The Morgan fingerprint density at radius 3 is 2.68 bits per heavy atom. The van der Waals surface area contributed by atoms with Gasteiger partial charge in [-0.1, -0.05) is 41.9 Å². The molecular weight excluding hydrogens is 318 g/mol. The molecule has 0 unspecified atom stereocenters. The first-order valence-corrected chi connectivity index (χ1v) is 8.86. The van der Waals surface area contributed by atoms with Crippen LogP contribution in [-0.2, 0) is 27.8 Å². The van der Waals surface area contributed by atoms with E-state index in [4.69, 9.17) is 11.6 Å². The molecule has 116 valence electrons. The van der Waals surface area contributed by atoms with Crippen LogP contribution in [-0.4, -0.2) is 15.9 Å². The van der Waals surface area contributed by atoms with E-state index in [0.717, 1.165) is 16.8 Å². The number of nitrogens with one attached hydrogen (secondary N) is 1. The highest BCUT2D eigenvalue weighted by molar-refractivity contribution is 7.84. The number of carbonyl (C=O) groups is 1. The van der Waals surface area contributed by atoms with Gasteiger partial charge in [-0.3, -0.25) is 9.00 Å². The molecule has 0 aromatic heterocycles. The zero-order valence-electron chi connectivity index (χ0n) is 12.3. The lowest BCUT2D eigenvalue weighted by Gasteiger charge is -2.07. The zero-order chi connectivity index (χ0) is 15.9. The van der Waals surface area contributed by atoms with Crippen molar-refractivity contribution >= 4 is 34.0 Å². The molecule has 0 fully saturated rings. The molecule has 0 spiro atoms. The first-order valence-electron chi connectivity index (χ1n) is 6.99. The number of amides is 1. The lowest BCUT2D eigenvalue weighted by Crippen LogP contribution is -2.07. The molecule has 5 heteroatoms. The maximum Gasteiger partial charge on any atom is 0.221 e. The molecule has 2 rings (SSSR count). The second-order valence-corrected chi connectivity index (χ2v) is 7.00. The lowest BCUT2D eigenvalue weighted by atomic mass is 10.2. The van der Waals surface area contributed by atoms with Crippen LogP contribution in [0.2, 0.25) is 5.02 Å². The summed E-state index contributed by atoms with van der Waals surface area (Å²) in [5.74, 6) is 0.920. The van der Waals surface area contributed by atoms with Gasteiger partial charge in [0.2, 0.25) is 5.91 Å². The first-order chi connectivity index (χ1) is 10.5. The fraction of sp³-hybridized carbons (Fsp3) is 0.235. The van der Waals surface area contributed by atoms with Crippen molar-refractivity contribution in [3.63, 3.8) is 0 Å². The first kappa shape index (κ1) is 16.7. The summed E-state index contributed by atoms with van der Waals surface area (Å²) in [4.78, 5) is 11.1. The molecule has 1 amide bonds. The summed E-state index contributed by atoms with van der Waals surface area (Å²) >= 11 is 6.10. The fourth-order valence-corrected chi connectivity index (χ4v) is 3.50. The van der Waals surface area contributed by atoms with Crippen LogP contribution in [0.25, 0.3) is 0 Å². The van der Waals surface area contributed by atoms with E-state index in [0.29, 0.717) is 22.9 Å². The standard InChI is InChI=1S/C17H18ClNO2S/c1-13(20)19-16-7-4-5-14(11-16)12-22(21)10-9-15-6-2-3-8-17(15)18/h2-8,11H,9-10,12H2,1H3,(H,19,20)/t22-/m0/s1. The SMILES string of the molecule is CC(=O)Nc1cccc(C[S@@](=O)CCc2ccccc2Cl)c1. The Labute approximate surface area is 138 Å². The average molecular weight is 336 g/mol. The van der Waals surface area contributed by atoms with Crippen LogP contribution < -0.4 is 5.32 Å². The summed E-state index contributed by atoms with van der Waals surface area (Å²) in [6.45, 7) is 1.47. The van der Waals surface area contributed by atoms with Gasteiger partial charge in [0, 0.05) is 39.9 Å². The molecule has 0 saturated heterocycles. The molecule has 1 atom stereocenters. The van der Waals surface area contributed by atoms with E-state index in [9.17, 15) is 9.00 Å². The van der Waals surface area contributed by atoms with E-state index in [2.05, 4.69) is 5.32 Å². The topological polar surface area (TPSA) is 46.2 Å². The van der Waals surface area contributed by atoms with Crippen LogP contribution in [0.1, 0.15) is 18.1 Å². The van der Waals surface area contributed by atoms with Gasteiger partial charge in [0.15, 0.2) is 0 Å². The Bertz CT molecular complexity index is 688. The smallest absolute Gasteiger partial charge is 0.221 e. The minimum Gasteiger partial charge on any atom is -0.326 e. The summed E-state index contributed by atoms with van der Waals surface area (Å²) in [5.41, 5.74) is 2.70. The fourth-order valence-electron chi connectivity index (χ4n) is 2.13. The van der Waals surface area contributed by atoms with Crippen molar-refractivity contribution in [2.24, 2.45) is 0 Å². The third-order valence-electron chi connectivity index (χ3n) is 3.13. The Kier molecular flexibility index (Phi) is 6.16. The van der Waals surface area contributed by atoms with E-state index >= 15 is 0 Å². The van der Waals surface area contributed by atoms with Crippen LogP contribution in [0.15, 0.2) is 48.5 Å². The van der Waals surface area contributed by atoms with E-state index in [1.807, 2.05) is 48.5 Å². The van der Waals surface area contributed by atoms with Crippen LogP contribution in [0.5, 0.6) is 0 Å². The summed E-state index contributed by atoms with van der Waals surface area (Å²) in [6.07, 6.45) is 0.692. The molecule has 0 bridgehead atoms. The number of rotatable bonds is 6. The Hall–Kier alpha value is -1.65. The van der Waals surface area contributed by atoms with E-state index < -0.39 is 10.8 Å². The van der Waals surface area contributed by atoms with Crippen molar-refractivity contribution in [3.8, 4) is 0 Å². The number of aryl methyl sites for hydroxylation is 1. The number of anilines is 1. The normalized spacial score (nSPS) is 11.9. The monoisotopic (exact) mass is 335 g/mol. The van der Waals surface area contributed by atoms with Crippen molar-refractivity contribution in [2.75, 3.05) is 11.1 Å². The lowest BCUT2D eigenvalue weighted by molar-refractivity contribution is -0.114. The van der Waals surface area contributed by atoms with E-state index in [-0.39, 0.29) is 5.91 Å². The van der Waals surface area contributed by atoms with Crippen LogP contribution >= 0.6 is 11.6 Å². The molecule has 1 N–H and O–H groups in total. The minimum atomic E-state index is -0.972. The number of carbonyl (C=O) groups excluding carboxylic acids is 1. The maximum absolute atomic E-state index is 12.2. The predicted molar refractivity (Wildman–Crippen MR) is 92.6 cm³/mol. The maximum atomic E-state index is 12.2. The number of halogens is 1. The van der Waals surface area contributed by atoms with Crippen LogP contribution in [0.3, 0.4) is 0 Å². The molecule has 0 aliphatic carbocycles. The highest BCUT2D eigenvalue weighted by Gasteiger charge is 2.06. The van der Waals surface area contributed by atoms with Crippen LogP contribution in [0, 0.1) is 0 Å². The van der Waals surface area contributed by atoms with Gasteiger partial charge in [-0.15, -0.1) is 0 Å². The summed E-state index contributed by atoms with van der Waals surface area (Å²) < 4.78 is 12.2. The van der Waals surface area contributed by atoms with E-state index in [1.54, 1.807) is 0 Å². The molecule has 0 aliphatic rings. The molecule has 0 heterocycles. The third kappa shape index (κ3) is 5.28. The molecule has 22 heavy (non-hydrogen) atoms. The van der Waals surface area contributed by atoms with Crippen molar-refractivity contribution in [1.82, 2.24) is 0 Å². The second kappa shape index (κ2) is 8.11. The van der Waals surface area contributed by atoms with Gasteiger partial charge in [-0.25, -0.2) is 0 Å². The van der Waals surface area contributed by atoms with E-state index in [1.165, 1.54) is 6.92 Å². The largest absolute Gasteiger partial charge is 0.326 e. The Morgan fingerprint density at radius 2 is 1.95 bits per heavy atom. The quantitative estimate of drug-likeness (QED) is 0.873. The molecule has 0 radical (unpaired) electrons. The molecule has 3 nitrogen and oxygen atoms in total. The van der Waals surface area contributed by atoms with Gasteiger partial charge in [-0.2, -0.15) is 0 Å². The number of hydrogen-bond acceptors (Lipinski definition) is 2. The molecule has 2 aromatic rings. The van der Waals surface area contributed by atoms with Crippen molar-refractivity contribution in [2.45, 2.75) is 19.1 Å². The minimum absolute atomic E-state index is 0.114. The Morgan fingerprint density at radius 1 is 1.18 bits per heavy atom. The molecule has 0 aliphatic heterocycles. The number of hydrogen-bond donors (Lipinski definition) is 1. The highest BCUT2D eigenvalue weighted by Crippen LogP contribution is 2.17.